The van der Waals surface area contributed by atoms with E-state index < -0.39 is 6.10 Å². The summed E-state index contributed by atoms with van der Waals surface area (Å²) in [5.74, 6) is 0.837. The predicted molar refractivity (Wildman–Crippen MR) is 109 cm³/mol. The van der Waals surface area contributed by atoms with Gasteiger partial charge in [0, 0.05) is 38.4 Å². The summed E-state index contributed by atoms with van der Waals surface area (Å²) in [6.07, 6.45) is -0.581. The van der Waals surface area contributed by atoms with Gasteiger partial charge in [-0.2, -0.15) is 0 Å². The van der Waals surface area contributed by atoms with E-state index in [-0.39, 0.29) is 17.8 Å². The van der Waals surface area contributed by atoms with E-state index in [0.29, 0.717) is 5.75 Å². The van der Waals surface area contributed by atoms with Gasteiger partial charge in [0.1, 0.15) is 17.3 Å². The highest BCUT2D eigenvalue weighted by Gasteiger charge is 2.50. The van der Waals surface area contributed by atoms with Crippen molar-refractivity contribution < 1.29 is 18.7 Å². The molecule has 2 aliphatic rings. The van der Waals surface area contributed by atoms with Crippen LogP contribution in [-0.2, 0) is 4.79 Å². The second kappa shape index (κ2) is 8.39. The minimum Gasteiger partial charge on any atom is -0.497 e. The molecule has 2 aromatic carbocycles. The number of ether oxygens (including phenoxy) is 2. The Morgan fingerprint density at radius 2 is 1.59 bits per heavy atom. The van der Waals surface area contributed by atoms with E-state index in [2.05, 4.69) is 16.8 Å². The lowest BCUT2D eigenvalue weighted by Crippen LogP contribution is -2.71. The number of benzene rings is 2. The zero-order valence-corrected chi connectivity index (χ0v) is 16.8. The number of piperazine rings is 1. The van der Waals surface area contributed by atoms with Crippen molar-refractivity contribution in [3.8, 4) is 11.5 Å². The molecule has 0 radical (unpaired) electrons. The fraction of sp³-hybridized carbons (Fsp3) is 0.409. The summed E-state index contributed by atoms with van der Waals surface area (Å²) in [6.45, 7) is 4.67. The first-order valence-electron chi connectivity index (χ1n) is 9.85. The Kier molecular flexibility index (Phi) is 5.69. The quantitative estimate of drug-likeness (QED) is 0.698. The molecule has 2 heterocycles. The number of carbonyl (C=O) groups excluding carboxylic acids is 1. The van der Waals surface area contributed by atoms with E-state index in [0.717, 1.165) is 44.2 Å². The van der Waals surface area contributed by atoms with Gasteiger partial charge in [-0.15, -0.1) is 0 Å². The Hall–Kier alpha value is -2.64. The predicted octanol–water partition coefficient (Wildman–Crippen LogP) is 2.24. The highest BCUT2D eigenvalue weighted by Crippen LogP contribution is 2.33. The normalized spacial score (nSPS) is 23.0. The minimum absolute atomic E-state index is 0.0846. The van der Waals surface area contributed by atoms with Gasteiger partial charge in [-0.25, -0.2) is 4.39 Å². The highest BCUT2D eigenvalue weighted by atomic mass is 19.1. The Labute approximate surface area is 170 Å². The molecule has 4 rings (SSSR count). The van der Waals surface area contributed by atoms with E-state index >= 15 is 0 Å². The average Bonchev–Trinajstić information content (AvgIpc) is 2.75. The molecule has 7 heteroatoms. The third-order valence-corrected chi connectivity index (χ3v) is 5.63. The number of β-lactam (4-membered cyclic amide) rings is 1. The molecule has 29 heavy (non-hydrogen) atoms. The summed E-state index contributed by atoms with van der Waals surface area (Å²) in [5, 5.41) is 0. The summed E-state index contributed by atoms with van der Waals surface area (Å²) < 4.78 is 24.4. The summed E-state index contributed by atoms with van der Waals surface area (Å²) in [7, 11) is 3.74. The van der Waals surface area contributed by atoms with Gasteiger partial charge < -0.3 is 19.3 Å². The van der Waals surface area contributed by atoms with Crippen LogP contribution in [-0.4, -0.2) is 74.7 Å². The lowest BCUT2D eigenvalue weighted by molar-refractivity contribution is -0.135. The molecule has 0 bridgehead atoms. The average molecular weight is 399 g/mol. The largest absolute Gasteiger partial charge is 0.497 e. The van der Waals surface area contributed by atoms with Gasteiger partial charge >= 0.3 is 0 Å². The van der Waals surface area contributed by atoms with Crippen LogP contribution >= 0.6 is 0 Å². The minimum atomic E-state index is -0.581. The lowest BCUT2D eigenvalue weighted by Gasteiger charge is -2.48. The van der Waals surface area contributed by atoms with Gasteiger partial charge in [-0.3, -0.25) is 9.69 Å². The first kappa shape index (κ1) is 19.7. The molecule has 2 fully saturated rings. The number of nitrogens with zero attached hydrogens (tertiary/aromatic N) is 3. The van der Waals surface area contributed by atoms with Gasteiger partial charge in [-0.05, 0) is 55.6 Å². The first-order valence-corrected chi connectivity index (χ1v) is 9.85. The van der Waals surface area contributed by atoms with Crippen LogP contribution in [0.3, 0.4) is 0 Å². The molecular weight excluding hydrogens is 373 g/mol. The van der Waals surface area contributed by atoms with Crippen molar-refractivity contribution in [2.75, 3.05) is 51.8 Å². The van der Waals surface area contributed by atoms with Crippen LogP contribution in [0.4, 0.5) is 10.1 Å². The molecule has 0 N–H and O–H groups in total. The second-order valence-corrected chi connectivity index (χ2v) is 7.57. The van der Waals surface area contributed by atoms with Gasteiger partial charge in [0.15, 0.2) is 6.10 Å². The lowest BCUT2D eigenvalue weighted by atomic mass is 9.95. The summed E-state index contributed by atoms with van der Waals surface area (Å²) in [5.41, 5.74) is 0.828. The molecule has 0 aliphatic carbocycles. The van der Waals surface area contributed by atoms with Crippen LogP contribution in [0, 0.1) is 5.82 Å². The number of hydrogen-bond donors (Lipinski definition) is 0. The SMILES string of the molecule is COc1ccc(N2C(=O)[C@@H](Oc3ccc(F)cc3)[C@H]2CN2CCN(C)CC2)cc1. The van der Waals surface area contributed by atoms with E-state index in [1.807, 2.05) is 24.3 Å². The standard InChI is InChI=1S/C22H26FN3O3/c1-24-11-13-25(14-12-24)15-20-21(29-19-7-3-16(23)4-8-19)22(27)26(20)17-5-9-18(28-2)10-6-17/h3-10,20-21H,11-15H2,1-2H3/t20-,21+/m1/s1. The van der Waals surface area contributed by atoms with Crippen molar-refractivity contribution in [3.63, 3.8) is 0 Å². The Morgan fingerprint density at radius 3 is 2.21 bits per heavy atom. The third kappa shape index (κ3) is 4.21. The smallest absolute Gasteiger partial charge is 0.270 e. The molecule has 154 valence electrons. The number of methoxy groups -OCH3 is 1. The molecule has 2 aromatic rings. The second-order valence-electron chi connectivity index (χ2n) is 7.57. The van der Waals surface area contributed by atoms with Crippen LogP contribution in [0.5, 0.6) is 11.5 Å². The van der Waals surface area contributed by atoms with Crippen LogP contribution in [0.15, 0.2) is 48.5 Å². The summed E-state index contributed by atoms with van der Waals surface area (Å²) >= 11 is 0. The number of amides is 1. The van der Waals surface area contributed by atoms with Gasteiger partial charge in [0.2, 0.25) is 0 Å². The van der Waals surface area contributed by atoms with Crippen molar-refractivity contribution in [1.82, 2.24) is 9.80 Å². The van der Waals surface area contributed by atoms with Crippen LogP contribution in [0.2, 0.25) is 0 Å². The molecule has 1 amide bonds. The number of halogens is 1. The van der Waals surface area contributed by atoms with Gasteiger partial charge in [-0.1, -0.05) is 0 Å². The molecule has 0 saturated carbocycles. The fourth-order valence-electron chi connectivity index (χ4n) is 3.84. The Balaban J connectivity index is 1.53. The first-order chi connectivity index (χ1) is 14.0. The number of carbonyl (C=O) groups is 1. The van der Waals surface area contributed by atoms with Crippen LogP contribution in [0.25, 0.3) is 0 Å². The maximum atomic E-state index is 13.2. The maximum Gasteiger partial charge on any atom is 0.270 e. The number of rotatable bonds is 6. The maximum absolute atomic E-state index is 13.2. The molecular formula is C22H26FN3O3. The molecule has 2 aliphatic heterocycles. The van der Waals surface area contributed by atoms with Gasteiger partial charge in [0.25, 0.3) is 5.91 Å². The third-order valence-electron chi connectivity index (χ3n) is 5.63. The summed E-state index contributed by atoms with van der Waals surface area (Å²) in [6, 6.07) is 13.2. The van der Waals surface area contributed by atoms with Gasteiger partial charge in [0.05, 0.1) is 13.2 Å². The van der Waals surface area contributed by atoms with E-state index in [1.165, 1.54) is 12.1 Å². The Morgan fingerprint density at radius 1 is 0.966 bits per heavy atom. The fourth-order valence-corrected chi connectivity index (χ4v) is 3.84. The molecule has 2 atom stereocenters. The highest BCUT2D eigenvalue weighted by molar-refractivity contribution is 6.05. The summed E-state index contributed by atoms with van der Waals surface area (Å²) in [4.78, 5) is 19.4. The molecule has 0 aromatic heterocycles. The van der Waals surface area contributed by atoms with Crippen molar-refractivity contribution in [1.29, 1.82) is 0 Å². The van der Waals surface area contributed by atoms with Crippen molar-refractivity contribution in [2.24, 2.45) is 0 Å². The molecule has 0 spiro atoms. The van der Waals surface area contributed by atoms with Crippen molar-refractivity contribution in [2.45, 2.75) is 12.1 Å². The van der Waals surface area contributed by atoms with E-state index in [4.69, 9.17) is 9.47 Å². The number of anilines is 1. The molecule has 2 saturated heterocycles. The monoisotopic (exact) mass is 399 g/mol. The number of hydrogen-bond acceptors (Lipinski definition) is 5. The van der Waals surface area contributed by atoms with Crippen molar-refractivity contribution >= 4 is 11.6 Å². The van der Waals surface area contributed by atoms with Crippen LogP contribution < -0.4 is 14.4 Å². The topological polar surface area (TPSA) is 45.2 Å². The van der Waals surface area contributed by atoms with Crippen molar-refractivity contribution in [3.05, 3.63) is 54.3 Å². The van der Waals surface area contributed by atoms with E-state index in [9.17, 15) is 9.18 Å². The molecule has 6 nitrogen and oxygen atoms in total. The zero-order valence-electron chi connectivity index (χ0n) is 16.8. The molecule has 0 unspecified atom stereocenters. The van der Waals surface area contributed by atoms with E-state index in [1.54, 1.807) is 24.1 Å². The Bertz CT molecular complexity index is 835. The zero-order chi connectivity index (χ0) is 20.4. The number of likely N-dealkylation sites (N-methyl/N-ethyl adjacent to an activating group) is 1. The van der Waals surface area contributed by atoms with Crippen LogP contribution in [0.1, 0.15) is 0 Å².